The molecule has 0 aliphatic heterocycles. The molecule has 2 rings (SSSR count). The van der Waals surface area contributed by atoms with E-state index in [0.717, 1.165) is 0 Å². The zero-order chi connectivity index (χ0) is 15.6. The minimum atomic E-state index is -4.82. The molecule has 5 nitrogen and oxygen atoms in total. The van der Waals surface area contributed by atoms with Crippen molar-refractivity contribution in [1.29, 1.82) is 0 Å². The molecule has 0 aliphatic rings. The van der Waals surface area contributed by atoms with E-state index in [9.17, 15) is 23.1 Å². The van der Waals surface area contributed by atoms with E-state index in [-0.39, 0.29) is 11.6 Å². The number of carbonyl (C=O) groups is 1. The van der Waals surface area contributed by atoms with Gasteiger partial charge in [0.2, 0.25) is 5.95 Å². The number of nitrogens with zero attached hydrogens (tertiary/aromatic N) is 1. The first-order chi connectivity index (χ1) is 9.79. The average Bonchev–Trinajstić information content (AvgIpc) is 2.78. The van der Waals surface area contributed by atoms with Gasteiger partial charge in [0.15, 0.2) is 6.10 Å². The molecule has 8 heteroatoms. The van der Waals surface area contributed by atoms with Crippen molar-refractivity contribution in [3.8, 4) is 0 Å². The molecule has 1 aromatic carbocycles. The number of hydrogen-bond donors (Lipinski definition) is 3. The van der Waals surface area contributed by atoms with E-state index in [1.807, 2.05) is 0 Å². The Morgan fingerprint density at radius 2 is 1.95 bits per heavy atom. The zero-order valence-corrected chi connectivity index (χ0v) is 10.9. The molecule has 0 radical (unpaired) electrons. The van der Waals surface area contributed by atoms with Crippen molar-refractivity contribution in [2.24, 2.45) is 0 Å². The Bertz CT molecular complexity index is 638. The first kappa shape index (κ1) is 15.0. The van der Waals surface area contributed by atoms with E-state index in [1.165, 1.54) is 6.92 Å². The van der Waals surface area contributed by atoms with Crippen molar-refractivity contribution < 1.29 is 23.1 Å². The van der Waals surface area contributed by atoms with Gasteiger partial charge in [-0.2, -0.15) is 13.2 Å². The summed E-state index contributed by atoms with van der Waals surface area (Å²) in [6, 6.07) is 8.14. The van der Waals surface area contributed by atoms with Crippen molar-refractivity contribution in [2.45, 2.75) is 19.2 Å². The van der Waals surface area contributed by atoms with Gasteiger partial charge in [0.1, 0.15) is 5.69 Å². The second-order valence-electron chi connectivity index (χ2n) is 4.36. The maximum atomic E-state index is 12.5. The van der Waals surface area contributed by atoms with Crippen molar-refractivity contribution in [3.63, 3.8) is 0 Å². The molecule has 1 amide bonds. The third-order valence-electron chi connectivity index (χ3n) is 2.76. The molecule has 1 unspecified atom stereocenters. The summed E-state index contributed by atoms with van der Waals surface area (Å²) in [5, 5.41) is 11.5. The Morgan fingerprint density at radius 3 is 2.52 bits per heavy atom. The van der Waals surface area contributed by atoms with Gasteiger partial charge in [0, 0.05) is 11.3 Å². The molecule has 1 aromatic heterocycles. The number of aromatic nitrogens is 2. The fourth-order valence-corrected chi connectivity index (χ4v) is 1.72. The summed E-state index contributed by atoms with van der Waals surface area (Å²) >= 11 is 0. The normalized spacial score (nSPS) is 13.0. The summed E-state index contributed by atoms with van der Waals surface area (Å²) in [5.74, 6) is -0.669. The molecule has 0 aliphatic carbocycles. The Morgan fingerprint density at radius 1 is 1.33 bits per heavy atom. The molecule has 0 spiro atoms. The van der Waals surface area contributed by atoms with Gasteiger partial charge in [-0.1, -0.05) is 18.2 Å². The predicted octanol–water partition coefficient (Wildman–Crippen LogP) is 2.57. The molecular formula is C13H12F3N3O2. The van der Waals surface area contributed by atoms with E-state index in [2.05, 4.69) is 15.3 Å². The number of carbonyl (C=O) groups excluding carboxylic acids is 1. The first-order valence-corrected chi connectivity index (χ1v) is 5.96. The molecule has 21 heavy (non-hydrogen) atoms. The van der Waals surface area contributed by atoms with Crippen LogP contribution >= 0.6 is 0 Å². The van der Waals surface area contributed by atoms with Crippen molar-refractivity contribution >= 4 is 11.9 Å². The van der Waals surface area contributed by atoms with Crippen LogP contribution < -0.4 is 5.32 Å². The van der Waals surface area contributed by atoms with E-state index in [4.69, 9.17) is 0 Å². The van der Waals surface area contributed by atoms with Crippen LogP contribution in [0.15, 0.2) is 30.3 Å². The maximum Gasteiger partial charge on any atom is 0.420 e. The smallest absolute Gasteiger partial charge is 0.378 e. The second kappa shape index (κ2) is 5.57. The summed E-state index contributed by atoms with van der Waals surface area (Å²) in [5.41, 5.74) is -0.196. The third-order valence-corrected chi connectivity index (χ3v) is 2.76. The van der Waals surface area contributed by atoms with Crippen LogP contribution in [0, 0.1) is 6.92 Å². The van der Waals surface area contributed by atoms with Crippen molar-refractivity contribution in [3.05, 3.63) is 47.3 Å². The number of anilines is 1. The minimum Gasteiger partial charge on any atom is -0.378 e. The maximum absolute atomic E-state index is 12.5. The lowest BCUT2D eigenvalue weighted by molar-refractivity contribution is -0.208. The molecule has 1 atom stereocenters. The summed E-state index contributed by atoms with van der Waals surface area (Å²) < 4.78 is 37.4. The lowest BCUT2D eigenvalue weighted by Crippen LogP contribution is -2.21. The number of aryl methyl sites for hydroxylation is 1. The van der Waals surface area contributed by atoms with Gasteiger partial charge < -0.3 is 10.1 Å². The van der Waals surface area contributed by atoms with Gasteiger partial charge in [0.25, 0.3) is 5.91 Å². The van der Waals surface area contributed by atoms with Crippen LogP contribution in [0.3, 0.4) is 0 Å². The Kier molecular flexibility index (Phi) is 3.99. The molecule has 0 saturated heterocycles. The Hall–Kier alpha value is -2.35. The molecule has 2 aromatic rings. The number of hydrogen-bond acceptors (Lipinski definition) is 3. The monoisotopic (exact) mass is 299 g/mol. The number of H-pyrrole nitrogens is 1. The summed E-state index contributed by atoms with van der Waals surface area (Å²) in [6.07, 6.45) is -7.52. The number of aromatic amines is 1. The fourth-order valence-electron chi connectivity index (χ4n) is 1.72. The number of rotatable bonds is 3. The lowest BCUT2D eigenvalue weighted by Gasteiger charge is -2.12. The van der Waals surface area contributed by atoms with Crippen LogP contribution in [0.5, 0.6) is 0 Å². The number of nitrogens with one attached hydrogen (secondary N) is 2. The Labute approximate surface area is 117 Å². The van der Waals surface area contributed by atoms with Crippen molar-refractivity contribution in [2.75, 3.05) is 5.32 Å². The van der Waals surface area contributed by atoms with Crippen LogP contribution in [0.4, 0.5) is 19.1 Å². The molecule has 1 heterocycles. The van der Waals surface area contributed by atoms with E-state index in [0.29, 0.717) is 5.56 Å². The summed E-state index contributed by atoms with van der Waals surface area (Å²) in [6.45, 7) is 1.33. The van der Waals surface area contributed by atoms with E-state index < -0.39 is 23.9 Å². The predicted molar refractivity (Wildman–Crippen MR) is 68.7 cm³/mol. The van der Waals surface area contributed by atoms with Gasteiger partial charge in [-0.3, -0.25) is 10.1 Å². The summed E-state index contributed by atoms with van der Waals surface area (Å²) in [4.78, 5) is 17.9. The molecule has 0 saturated carbocycles. The quantitative estimate of drug-likeness (QED) is 0.815. The standard InChI is InChI=1S/C13H12F3N3O2/c1-7-9(10(20)13(14,15)16)18-12(17-7)19-11(21)8-5-3-2-4-6-8/h2-6,10,20H,1H3,(H2,17,18,19,21). The minimum absolute atomic E-state index is 0.0307. The molecule has 112 valence electrons. The molecule has 0 fully saturated rings. The number of benzene rings is 1. The number of aliphatic hydroxyl groups excluding tert-OH is 1. The summed E-state index contributed by atoms with van der Waals surface area (Å²) in [7, 11) is 0. The van der Waals surface area contributed by atoms with E-state index >= 15 is 0 Å². The highest BCUT2D eigenvalue weighted by atomic mass is 19.4. The highest BCUT2D eigenvalue weighted by molar-refractivity contribution is 6.03. The van der Waals surface area contributed by atoms with Gasteiger partial charge in [-0.05, 0) is 19.1 Å². The lowest BCUT2D eigenvalue weighted by atomic mass is 10.2. The number of halogens is 3. The molecular weight excluding hydrogens is 287 g/mol. The average molecular weight is 299 g/mol. The molecule has 0 bridgehead atoms. The van der Waals surface area contributed by atoms with Crippen LogP contribution in [0.25, 0.3) is 0 Å². The number of imidazole rings is 1. The molecule has 3 N–H and O–H groups in total. The fraction of sp³-hybridized carbons (Fsp3) is 0.231. The van der Waals surface area contributed by atoms with Crippen molar-refractivity contribution in [1.82, 2.24) is 9.97 Å². The number of aliphatic hydroxyl groups is 1. The van der Waals surface area contributed by atoms with Gasteiger partial charge in [0.05, 0.1) is 0 Å². The van der Waals surface area contributed by atoms with Gasteiger partial charge in [-0.15, -0.1) is 0 Å². The van der Waals surface area contributed by atoms with Crippen LogP contribution in [-0.2, 0) is 0 Å². The van der Waals surface area contributed by atoms with Crippen LogP contribution in [0.2, 0.25) is 0 Å². The van der Waals surface area contributed by atoms with Crippen LogP contribution in [0.1, 0.15) is 27.8 Å². The zero-order valence-electron chi connectivity index (χ0n) is 10.9. The SMILES string of the molecule is Cc1[nH]c(NC(=O)c2ccccc2)nc1C(O)C(F)(F)F. The number of alkyl halides is 3. The largest absolute Gasteiger partial charge is 0.420 e. The second-order valence-corrected chi connectivity index (χ2v) is 4.36. The van der Waals surface area contributed by atoms with Crippen LogP contribution in [-0.4, -0.2) is 27.2 Å². The van der Waals surface area contributed by atoms with E-state index in [1.54, 1.807) is 30.3 Å². The Balaban J connectivity index is 2.18. The topological polar surface area (TPSA) is 78.0 Å². The first-order valence-electron chi connectivity index (χ1n) is 5.96. The third kappa shape index (κ3) is 3.40. The van der Waals surface area contributed by atoms with Gasteiger partial charge >= 0.3 is 6.18 Å². The van der Waals surface area contributed by atoms with Gasteiger partial charge in [-0.25, -0.2) is 4.98 Å². The number of amides is 1. The highest BCUT2D eigenvalue weighted by Gasteiger charge is 2.42. The highest BCUT2D eigenvalue weighted by Crippen LogP contribution is 2.33.